The topological polar surface area (TPSA) is 24.9 Å². The van der Waals surface area contributed by atoms with Crippen LogP contribution in [-0.4, -0.2) is 65.8 Å². The largest absolute Gasteiger partial charge is 0.379 e. The lowest BCUT2D eigenvalue weighted by atomic mass is 9.91. The Labute approximate surface area is 143 Å². The minimum Gasteiger partial charge on any atom is -0.379 e. The quantitative estimate of drug-likeness (QED) is 0.544. The Morgan fingerprint density at radius 1 is 1.27 bits per heavy atom. The first kappa shape index (κ1) is 18.2. The predicted molar refractivity (Wildman–Crippen MR) is 94.3 cm³/mol. The Balaban J connectivity index is 2.44. The highest BCUT2D eigenvalue weighted by molar-refractivity contribution is 9.10. The van der Waals surface area contributed by atoms with Crippen molar-refractivity contribution >= 4 is 15.9 Å². The molecule has 0 radical (unpaired) electrons. The maximum Gasteiger partial charge on any atom is 0.125 e. The summed E-state index contributed by atoms with van der Waals surface area (Å²) in [4.78, 5) is 5.05. The van der Waals surface area contributed by atoms with E-state index in [2.05, 4.69) is 60.3 Å². The number of likely N-dealkylation sites (N-methyl/N-ethyl adjacent to an activating group) is 1. The van der Waals surface area contributed by atoms with Gasteiger partial charge in [-0.2, -0.15) is 0 Å². The monoisotopic (exact) mass is 374 g/mol. The number of halogens is 1. The number of ether oxygens (including phenoxy) is 2. The molecular formula is C17H31BrN2O2. The molecule has 0 N–H and O–H groups in total. The van der Waals surface area contributed by atoms with Crippen molar-refractivity contribution in [1.82, 2.24) is 9.80 Å². The first-order valence-electron chi connectivity index (χ1n) is 8.39. The summed E-state index contributed by atoms with van der Waals surface area (Å²) in [7, 11) is 1.81. The second-order valence-electron chi connectivity index (χ2n) is 6.52. The van der Waals surface area contributed by atoms with Gasteiger partial charge in [0.25, 0.3) is 0 Å². The van der Waals surface area contributed by atoms with Gasteiger partial charge in [0.15, 0.2) is 0 Å². The number of rotatable bonds is 5. The molecule has 5 heteroatoms. The fraction of sp³-hybridized carbons (Fsp3) is 0.882. The molecule has 4 nitrogen and oxygen atoms in total. The van der Waals surface area contributed by atoms with Crippen LogP contribution < -0.4 is 0 Å². The van der Waals surface area contributed by atoms with Gasteiger partial charge >= 0.3 is 0 Å². The predicted octanol–water partition coefficient (Wildman–Crippen LogP) is 3.22. The molecule has 128 valence electrons. The first-order valence-corrected chi connectivity index (χ1v) is 9.19. The summed E-state index contributed by atoms with van der Waals surface area (Å²) in [5, 5.41) is 0. The molecule has 2 unspecified atom stereocenters. The van der Waals surface area contributed by atoms with Crippen molar-refractivity contribution in [2.75, 3.05) is 40.0 Å². The van der Waals surface area contributed by atoms with Crippen LogP contribution in [0.5, 0.6) is 0 Å². The van der Waals surface area contributed by atoms with Gasteiger partial charge in [0.2, 0.25) is 0 Å². The highest BCUT2D eigenvalue weighted by Crippen LogP contribution is 2.52. The number of nitrogens with zero attached hydrogens (tertiary/aromatic N) is 2. The molecule has 0 aliphatic carbocycles. The van der Waals surface area contributed by atoms with Crippen molar-refractivity contribution in [2.45, 2.75) is 57.1 Å². The maximum absolute atomic E-state index is 5.98. The van der Waals surface area contributed by atoms with Crippen LogP contribution in [0.15, 0.2) is 11.3 Å². The lowest BCUT2D eigenvalue weighted by molar-refractivity contribution is -0.0180. The van der Waals surface area contributed by atoms with Crippen LogP contribution >= 0.6 is 15.9 Å². The van der Waals surface area contributed by atoms with Gasteiger partial charge < -0.3 is 14.4 Å². The average Bonchev–Trinajstić information content (AvgIpc) is 2.67. The van der Waals surface area contributed by atoms with Gasteiger partial charge in [-0.15, -0.1) is 0 Å². The van der Waals surface area contributed by atoms with Crippen molar-refractivity contribution in [3.8, 4) is 0 Å². The van der Waals surface area contributed by atoms with Gasteiger partial charge in [0, 0.05) is 38.5 Å². The molecule has 2 heterocycles. The summed E-state index contributed by atoms with van der Waals surface area (Å²) in [5.41, 5.74) is 2.45. The molecule has 2 aliphatic rings. The van der Waals surface area contributed by atoms with E-state index in [0.717, 1.165) is 39.3 Å². The highest BCUT2D eigenvalue weighted by Gasteiger charge is 2.56. The summed E-state index contributed by atoms with van der Waals surface area (Å²) in [6.45, 7) is 15.8. The molecule has 2 aliphatic heterocycles. The molecule has 1 saturated heterocycles. The van der Waals surface area contributed by atoms with E-state index in [4.69, 9.17) is 9.47 Å². The third kappa shape index (κ3) is 2.64. The number of methoxy groups -OCH3 is 1. The van der Waals surface area contributed by atoms with E-state index in [1.165, 1.54) is 11.3 Å². The summed E-state index contributed by atoms with van der Waals surface area (Å²) in [6.07, 6.45) is 1.10. The Morgan fingerprint density at radius 2 is 1.86 bits per heavy atom. The number of morpholine rings is 1. The van der Waals surface area contributed by atoms with E-state index in [1.54, 1.807) is 0 Å². The van der Waals surface area contributed by atoms with E-state index in [1.807, 2.05) is 7.11 Å². The summed E-state index contributed by atoms with van der Waals surface area (Å²) in [5.74, 6) is 0. The van der Waals surface area contributed by atoms with Crippen molar-refractivity contribution < 1.29 is 9.47 Å². The van der Waals surface area contributed by atoms with E-state index >= 15 is 0 Å². The molecule has 2 rings (SSSR count). The number of hydrogen-bond donors (Lipinski definition) is 0. The lowest BCUT2D eigenvalue weighted by Gasteiger charge is -2.44. The van der Waals surface area contributed by atoms with Gasteiger partial charge in [-0.05, 0) is 39.7 Å². The Kier molecular flexibility index (Phi) is 5.63. The van der Waals surface area contributed by atoms with Gasteiger partial charge in [0.05, 0.1) is 13.2 Å². The van der Waals surface area contributed by atoms with Crippen LogP contribution in [0.2, 0.25) is 0 Å². The van der Waals surface area contributed by atoms with Gasteiger partial charge in [-0.25, -0.2) is 0 Å². The molecule has 0 aromatic rings. The number of hydrogen-bond acceptors (Lipinski definition) is 4. The molecule has 0 spiro atoms. The van der Waals surface area contributed by atoms with E-state index in [0.29, 0.717) is 6.04 Å². The van der Waals surface area contributed by atoms with Crippen molar-refractivity contribution in [3.05, 3.63) is 11.3 Å². The van der Waals surface area contributed by atoms with Crippen LogP contribution in [0.1, 0.15) is 41.0 Å². The minimum atomic E-state index is -0.321. The van der Waals surface area contributed by atoms with Crippen LogP contribution in [0.4, 0.5) is 0 Å². The van der Waals surface area contributed by atoms with Gasteiger partial charge in [-0.1, -0.05) is 22.9 Å². The zero-order valence-corrected chi connectivity index (χ0v) is 16.5. The summed E-state index contributed by atoms with van der Waals surface area (Å²) in [6, 6.07) is 0.428. The molecule has 0 amide bonds. The third-order valence-electron chi connectivity index (χ3n) is 5.68. The highest BCUT2D eigenvalue weighted by atomic mass is 79.9. The van der Waals surface area contributed by atoms with Crippen molar-refractivity contribution in [2.24, 2.45) is 0 Å². The smallest absolute Gasteiger partial charge is 0.125 e. The zero-order chi connectivity index (χ0) is 16.5. The fourth-order valence-corrected chi connectivity index (χ4v) is 4.92. The second kappa shape index (κ2) is 6.80. The van der Waals surface area contributed by atoms with Crippen LogP contribution in [0.3, 0.4) is 0 Å². The fourth-order valence-electron chi connectivity index (χ4n) is 4.02. The normalized spacial score (nSPS) is 35.3. The van der Waals surface area contributed by atoms with Crippen molar-refractivity contribution in [1.29, 1.82) is 0 Å². The molecule has 0 aromatic heterocycles. The van der Waals surface area contributed by atoms with Crippen molar-refractivity contribution in [3.63, 3.8) is 0 Å². The second-order valence-corrected chi connectivity index (χ2v) is 8.06. The summed E-state index contributed by atoms with van der Waals surface area (Å²) < 4.78 is 11.3. The molecule has 0 bridgehead atoms. The summed E-state index contributed by atoms with van der Waals surface area (Å²) >= 11 is 3.97. The molecule has 0 saturated carbocycles. The molecule has 1 fully saturated rings. The average molecular weight is 375 g/mol. The van der Waals surface area contributed by atoms with Gasteiger partial charge in [-0.3, -0.25) is 4.90 Å². The standard InChI is InChI=1S/C17H31BrN2O2/c1-7-14(19-9-11-22-12-10-19)15-13(3)16(4,21-6)17(5,18)20(15)8-2/h14H,7-12H2,1-6H3/t14?,16?,17-/m0/s1. The van der Waals surface area contributed by atoms with Gasteiger partial charge in [0.1, 0.15) is 10.0 Å². The van der Waals surface area contributed by atoms with Crippen LogP contribution in [0, 0.1) is 0 Å². The molecular weight excluding hydrogens is 344 g/mol. The van der Waals surface area contributed by atoms with E-state index in [-0.39, 0.29) is 10.0 Å². The Morgan fingerprint density at radius 3 is 2.32 bits per heavy atom. The number of alkyl halides is 1. The first-order chi connectivity index (χ1) is 10.3. The molecule has 0 aromatic carbocycles. The molecule has 3 atom stereocenters. The maximum atomic E-state index is 5.98. The lowest BCUT2D eigenvalue weighted by Crippen LogP contribution is -2.54. The van der Waals surface area contributed by atoms with Crippen LogP contribution in [0.25, 0.3) is 0 Å². The SMILES string of the molecule is CCC(C1=C(C)C(C)(OC)[C@@](C)(Br)N1CC)N1CCOCC1. The van der Waals surface area contributed by atoms with Crippen LogP contribution in [-0.2, 0) is 9.47 Å². The Bertz CT molecular complexity index is 432. The van der Waals surface area contributed by atoms with E-state index < -0.39 is 0 Å². The molecule has 22 heavy (non-hydrogen) atoms. The Hall–Kier alpha value is -0.100. The third-order valence-corrected chi connectivity index (χ3v) is 6.87. The minimum absolute atomic E-state index is 0.220. The van der Waals surface area contributed by atoms with E-state index in [9.17, 15) is 0 Å². The zero-order valence-electron chi connectivity index (χ0n) is 14.9.